The van der Waals surface area contributed by atoms with Gasteiger partial charge in [0.25, 0.3) is 0 Å². The van der Waals surface area contributed by atoms with Crippen molar-refractivity contribution in [2.45, 2.75) is 20.8 Å². The van der Waals surface area contributed by atoms with Gasteiger partial charge >= 0.3 is 29.0 Å². The molecule has 0 amide bonds. The summed E-state index contributed by atoms with van der Waals surface area (Å²) < 4.78 is 7.13. The third kappa shape index (κ3) is 6.93. The van der Waals surface area contributed by atoms with Gasteiger partial charge in [-0.3, -0.25) is 0 Å². The third-order valence-corrected chi connectivity index (χ3v) is 12.7. The van der Waals surface area contributed by atoms with Crippen LogP contribution in [0.3, 0.4) is 0 Å². The molecule has 158 valence electrons. The quantitative estimate of drug-likeness (QED) is 0.321. The number of benzene rings is 4. The van der Waals surface area contributed by atoms with E-state index in [1.54, 1.807) is 0 Å². The molecule has 4 heteroatoms. The van der Waals surface area contributed by atoms with Crippen LogP contribution in [0.2, 0.25) is 0 Å². The molecule has 0 spiro atoms. The van der Waals surface area contributed by atoms with Crippen LogP contribution < -0.4 is 5.73 Å². The van der Waals surface area contributed by atoms with Gasteiger partial charge in [0.05, 0.1) is 0 Å². The lowest BCUT2D eigenvalue weighted by Crippen LogP contribution is -2.42. The third-order valence-electron chi connectivity index (χ3n) is 5.84. The molecule has 4 aromatic carbocycles. The van der Waals surface area contributed by atoms with Crippen molar-refractivity contribution in [2.75, 3.05) is 0 Å². The number of hydrogen-bond acceptors (Lipinski definition) is 2. The van der Waals surface area contributed by atoms with Crippen molar-refractivity contribution >= 4 is 29.0 Å². The van der Waals surface area contributed by atoms with Gasteiger partial charge in [-0.15, -0.1) is 0 Å². The van der Waals surface area contributed by atoms with Crippen molar-refractivity contribution in [3.05, 3.63) is 144 Å². The highest BCUT2D eigenvalue weighted by molar-refractivity contribution is 6.66. The zero-order chi connectivity index (χ0) is 22.0. The van der Waals surface area contributed by atoms with Crippen LogP contribution in [0.15, 0.2) is 121 Å². The van der Waals surface area contributed by atoms with E-state index in [9.17, 15) is 0 Å². The molecule has 1 unspecified atom stereocenters. The summed E-state index contributed by atoms with van der Waals surface area (Å²) in [4.78, 5) is -0.0297. The molecule has 0 bridgehead atoms. The molecule has 0 aliphatic heterocycles. The minimum absolute atomic E-state index is 0.0297. The van der Waals surface area contributed by atoms with Crippen LogP contribution in [0.5, 0.6) is 0 Å². The van der Waals surface area contributed by atoms with Gasteiger partial charge in [0.15, 0.2) is 0 Å². The van der Waals surface area contributed by atoms with Crippen molar-refractivity contribution in [1.29, 1.82) is 0 Å². The Kier molecular flexibility index (Phi) is 8.78. The van der Waals surface area contributed by atoms with E-state index in [4.69, 9.17) is 8.57 Å². The Morgan fingerprint density at radius 3 is 1.34 bits per heavy atom. The average Bonchev–Trinajstić information content (AvgIpc) is 2.85. The minimum atomic E-state index is -1.78. The Labute approximate surface area is 201 Å². The molecular weight excluding hydrogens is 420 g/mol. The molecule has 0 heterocycles. The van der Waals surface area contributed by atoms with E-state index in [0.29, 0.717) is 0 Å². The minimum Gasteiger partial charge on any atom is -0.635 e. The van der Waals surface area contributed by atoms with Gasteiger partial charge in [-0.05, 0) is 21.4 Å². The highest BCUT2D eigenvalue weighted by atomic mass is 27.3. The fraction of sp³-hybridized carbons (Fsp3) is 0.143. The predicted octanol–water partition coefficient (Wildman–Crippen LogP) is 5.57. The highest BCUT2D eigenvalue weighted by Crippen LogP contribution is 2.20. The Morgan fingerprint density at radius 2 is 0.906 bits per heavy atom. The lowest BCUT2D eigenvalue weighted by atomic mass is 10.2. The topological polar surface area (TPSA) is 35.2 Å². The largest absolute Gasteiger partial charge is 0.635 e. The average molecular weight is 450 g/mol. The Balaban J connectivity index is 1.59. The summed E-state index contributed by atoms with van der Waals surface area (Å²) in [5.41, 5.74) is 12.1. The first-order valence-electron chi connectivity index (χ1n) is 11.4. The second-order valence-corrected chi connectivity index (χ2v) is 13.7. The fourth-order valence-electron chi connectivity index (χ4n) is 4.17. The van der Waals surface area contributed by atoms with Crippen LogP contribution in [0, 0.1) is 0 Å². The van der Waals surface area contributed by atoms with E-state index in [1.807, 2.05) is 6.07 Å². The molecular formula is C28H29Al2NO. The Hall–Kier alpha value is -2.14. The van der Waals surface area contributed by atoms with Crippen LogP contribution in [0.25, 0.3) is 0 Å². The monoisotopic (exact) mass is 449 g/mol. The van der Waals surface area contributed by atoms with Gasteiger partial charge in [0, 0.05) is 4.90 Å². The zero-order valence-corrected chi connectivity index (χ0v) is 20.7. The molecule has 0 saturated carbocycles. The van der Waals surface area contributed by atoms with Crippen LogP contribution in [-0.4, -0.2) is 29.0 Å². The van der Waals surface area contributed by atoms with Crippen molar-refractivity contribution in [2.24, 2.45) is 5.73 Å². The standard InChI is InChI=1S/C7H8N.3C7H7.2Al.O/c8-6-7-4-2-1-3-5-7;3*1-7-5-3-2-4-6-7;;;/h1-6H,8H2;3*2-6H,1H2;;;. The lowest BCUT2D eigenvalue weighted by molar-refractivity contribution is 0.550. The van der Waals surface area contributed by atoms with Crippen molar-refractivity contribution < 1.29 is 2.84 Å². The lowest BCUT2D eigenvalue weighted by Gasteiger charge is -2.25. The first-order valence-corrected chi connectivity index (χ1v) is 15.4. The number of nitrogens with two attached hydrogens (primary N) is 1. The summed E-state index contributed by atoms with van der Waals surface area (Å²) in [6.45, 7) is 0. The Bertz CT molecular complexity index is 1000. The molecule has 4 rings (SSSR count). The maximum Gasteiger partial charge on any atom is 0.458 e. The van der Waals surface area contributed by atoms with E-state index in [2.05, 4.69) is 115 Å². The second kappa shape index (κ2) is 12.2. The first-order chi connectivity index (χ1) is 15.8. The van der Waals surface area contributed by atoms with E-state index in [1.165, 1.54) is 22.3 Å². The molecule has 0 fully saturated rings. The van der Waals surface area contributed by atoms with Crippen LogP contribution in [-0.2, 0) is 18.7 Å². The predicted molar refractivity (Wildman–Crippen MR) is 136 cm³/mol. The Morgan fingerprint density at radius 1 is 0.531 bits per heavy atom. The van der Waals surface area contributed by atoms with Gasteiger partial charge in [-0.25, -0.2) is 0 Å². The molecule has 2 N–H and O–H groups in total. The number of hydrogen-bond donors (Lipinski definition) is 1. The van der Waals surface area contributed by atoms with Gasteiger partial charge in [-0.1, -0.05) is 138 Å². The molecule has 0 aromatic heterocycles. The molecule has 0 saturated heterocycles. The summed E-state index contributed by atoms with van der Waals surface area (Å²) >= 11 is -3.37. The fourth-order valence-corrected chi connectivity index (χ4v) is 11.4. The highest BCUT2D eigenvalue weighted by Gasteiger charge is 2.35. The summed E-state index contributed by atoms with van der Waals surface area (Å²) in [5.74, 6) is 0. The summed E-state index contributed by atoms with van der Waals surface area (Å²) in [6.07, 6.45) is 0. The van der Waals surface area contributed by atoms with E-state index in [-0.39, 0.29) is 4.90 Å². The van der Waals surface area contributed by atoms with Crippen molar-refractivity contribution in [1.82, 2.24) is 0 Å². The van der Waals surface area contributed by atoms with Crippen LogP contribution in [0.4, 0.5) is 0 Å². The van der Waals surface area contributed by atoms with E-state index >= 15 is 0 Å². The molecule has 0 radical (unpaired) electrons. The SMILES string of the molecule is N[CH](c1ccccc1)[Al]([CH2]c1ccccc1)[O][Al]([CH2]c1ccccc1)[CH2]c1ccccc1. The molecule has 2 nitrogen and oxygen atoms in total. The zero-order valence-electron chi connectivity index (χ0n) is 18.4. The molecule has 32 heavy (non-hydrogen) atoms. The molecule has 0 aliphatic carbocycles. The second-order valence-electron chi connectivity index (χ2n) is 8.30. The molecule has 0 aliphatic rings. The summed E-state index contributed by atoms with van der Waals surface area (Å²) in [6, 6.07) is 42.7. The molecule has 4 aromatic rings. The maximum atomic E-state index is 7.13. The van der Waals surface area contributed by atoms with E-state index < -0.39 is 29.0 Å². The van der Waals surface area contributed by atoms with Gasteiger partial charge in [0.1, 0.15) is 0 Å². The normalized spacial score (nSPS) is 11.7. The van der Waals surface area contributed by atoms with Crippen LogP contribution >= 0.6 is 0 Å². The van der Waals surface area contributed by atoms with Gasteiger partial charge < -0.3 is 8.57 Å². The van der Waals surface area contributed by atoms with Crippen molar-refractivity contribution in [3.8, 4) is 0 Å². The summed E-state index contributed by atoms with van der Waals surface area (Å²) in [5, 5.41) is 3.00. The maximum absolute atomic E-state index is 7.13. The number of rotatable bonds is 10. The summed E-state index contributed by atoms with van der Waals surface area (Å²) in [7, 11) is 0. The smallest absolute Gasteiger partial charge is 0.458 e. The van der Waals surface area contributed by atoms with Crippen molar-refractivity contribution in [3.63, 3.8) is 0 Å². The first kappa shape index (κ1) is 23.0. The van der Waals surface area contributed by atoms with E-state index in [0.717, 1.165) is 15.8 Å². The van der Waals surface area contributed by atoms with Gasteiger partial charge in [-0.2, -0.15) is 0 Å². The molecule has 1 atom stereocenters. The van der Waals surface area contributed by atoms with Crippen LogP contribution in [0.1, 0.15) is 27.2 Å². The van der Waals surface area contributed by atoms with Gasteiger partial charge in [0.2, 0.25) is 0 Å².